The van der Waals surface area contributed by atoms with Crippen LogP contribution in [-0.2, 0) is 27.1 Å². The molecule has 0 fully saturated rings. The van der Waals surface area contributed by atoms with E-state index < -0.39 is 21.7 Å². The topological polar surface area (TPSA) is 6.48 Å². The largest absolute Gasteiger partial charge is 0.334 e. The maximum atomic E-state index is 2.73. The second-order valence-electron chi connectivity index (χ2n) is 41.6. The molecule has 0 amide bonds. The van der Waals surface area contributed by atoms with E-state index in [1.165, 1.54) is 243 Å². The molecule has 0 radical (unpaired) electrons. The van der Waals surface area contributed by atoms with Crippen LogP contribution in [0.15, 0.2) is 545 Å². The van der Waals surface area contributed by atoms with Gasteiger partial charge < -0.3 is 9.80 Å². The Morgan fingerprint density at radius 1 is 0.209 bits per heavy atom. The molecular weight excluding hydrogens is 1800 g/mol. The van der Waals surface area contributed by atoms with Gasteiger partial charge in [-0.1, -0.05) is 475 Å². The van der Waals surface area contributed by atoms with Gasteiger partial charge in [0.05, 0.1) is 33.4 Å². The van der Waals surface area contributed by atoms with Crippen molar-refractivity contribution >= 4 is 65.5 Å². The van der Waals surface area contributed by atoms with E-state index in [2.05, 4.69) is 564 Å². The number of thiophene rings is 1. The molecule has 1 unspecified atom stereocenters. The Bertz CT molecular complexity index is 9290. The molecule has 8 aliphatic rings. The van der Waals surface area contributed by atoms with Crippen LogP contribution in [0.1, 0.15) is 120 Å². The lowest BCUT2D eigenvalue weighted by Gasteiger charge is -2.40. The third-order valence-corrected chi connectivity index (χ3v) is 35.4. The van der Waals surface area contributed by atoms with Crippen molar-refractivity contribution in [2.45, 2.75) is 53.4 Å². The summed E-state index contributed by atoms with van der Waals surface area (Å²) in [5, 5.41) is 2.62. The molecule has 2 spiro atoms. The summed E-state index contributed by atoms with van der Waals surface area (Å²) in [7, 11) is 0. The van der Waals surface area contributed by atoms with Crippen LogP contribution in [0.3, 0.4) is 0 Å². The molecule has 1 atom stereocenters. The van der Waals surface area contributed by atoms with Gasteiger partial charge >= 0.3 is 0 Å². The zero-order valence-corrected chi connectivity index (χ0v) is 82.8. The molecule has 1 aromatic heterocycles. The fourth-order valence-electron chi connectivity index (χ4n) is 28.2. The van der Waals surface area contributed by atoms with Gasteiger partial charge in [0.15, 0.2) is 0 Å². The molecule has 0 aliphatic heterocycles. The molecule has 694 valence electrons. The van der Waals surface area contributed by atoms with Gasteiger partial charge in [-0.25, -0.2) is 0 Å². The van der Waals surface area contributed by atoms with E-state index in [-0.39, 0.29) is 11.5 Å². The van der Waals surface area contributed by atoms with Crippen molar-refractivity contribution in [2.24, 2.45) is 0 Å². The Morgan fingerprint density at radius 3 is 1.03 bits per heavy atom. The van der Waals surface area contributed by atoms with Crippen molar-refractivity contribution in [3.05, 3.63) is 646 Å². The number of hydrogen-bond acceptors (Lipinski definition) is 3. The highest BCUT2D eigenvalue weighted by Gasteiger charge is 2.56. The first-order chi connectivity index (χ1) is 73.2. The van der Waals surface area contributed by atoms with Crippen LogP contribution >= 0.6 is 11.3 Å². The summed E-state index contributed by atoms with van der Waals surface area (Å²) in [5.41, 5.74) is 52.5. The highest BCUT2D eigenvalue weighted by Crippen LogP contribution is 2.69. The van der Waals surface area contributed by atoms with Crippen LogP contribution in [0.2, 0.25) is 0 Å². The van der Waals surface area contributed by atoms with E-state index in [1.807, 2.05) is 11.3 Å². The first-order valence-corrected chi connectivity index (χ1v) is 52.9. The SMILES string of the molecule is CC1(C)c2ccccc2-c2cc(-c3ccccc3)c(N(c3ccc4c(c3)C(c3ccccc3)(c3ccccc3)c3ccccc3-4)C3C=C4C(=CC3)c3ccccc3C4(c3ccccc3)c3ccccc3)cc21.c1ccc(-c2cc3c(cc2N(c2ccc(-c4ccc5sc6ccccc6c5c4)cc2)c2ccc4c(c2)C2(c5ccccc5-c5ccccc52)c2ccccc2-4)C2(c4ccccc4-c4ccccc42)c2ccccc2-3)cc1. The molecule has 3 heteroatoms. The van der Waals surface area contributed by atoms with Gasteiger partial charge in [0.25, 0.3) is 0 Å². The smallest absolute Gasteiger partial charge is 0.0726 e. The number of rotatable bonds is 13. The van der Waals surface area contributed by atoms with Gasteiger partial charge in [0.1, 0.15) is 0 Å². The van der Waals surface area contributed by atoms with Crippen molar-refractivity contribution < 1.29 is 0 Å². The minimum absolute atomic E-state index is 0.0676. The van der Waals surface area contributed by atoms with Crippen molar-refractivity contribution in [1.29, 1.82) is 0 Å². The monoisotopic (exact) mass is 1900 g/mol. The standard InChI is InChI=1S/C74H45NS.C71H53N/c1-2-18-47(19-3-1)59-44-60-56-25-9-16-32-67(56)74(64-29-13-6-22-53(64)54-23-7-14-30-65(54)74)69(60)45-70(59)75(49-37-34-46(35-38-49)48-36-41-72-61(42-48)58-26-10-17-33-71(58)76-72)50-39-40-57-55-24-8-15-31-66(55)73(68(57)43-50)62-27-11-4-20-51(62)52-21-5-12-28-63(52)73;1-69(2)62-37-21-18-36-57(62)61-46-60(48-24-8-3-9-25-48)68(47-65(61)69)72(53-40-42-58-55-34-19-22-38-63(55)70(66(58)44-53,49-26-10-4-11-27-49)50-28-12-5-13-29-50)54-41-43-59-56-35-20-23-39-64(56)71(67(59)45-54,51-30-14-6-15-31-51)52-32-16-7-17-33-52/h1-45H;3-40,42-47,54H,41H2,1-2H3. The molecule has 148 heavy (non-hydrogen) atoms. The molecule has 22 aromatic carbocycles. The third-order valence-electron chi connectivity index (χ3n) is 34.3. The van der Waals surface area contributed by atoms with Crippen LogP contribution < -0.4 is 9.80 Å². The van der Waals surface area contributed by atoms with Crippen LogP contribution in [0.4, 0.5) is 28.4 Å². The predicted molar refractivity (Wildman–Crippen MR) is 616 cm³/mol. The predicted octanol–water partition coefficient (Wildman–Crippen LogP) is 36.8. The zero-order chi connectivity index (χ0) is 97.7. The molecule has 1 heterocycles. The Morgan fingerprint density at radius 2 is 0.541 bits per heavy atom. The second kappa shape index (κ2) is 33.1. The molecule has 0 bridgehead atoms. The quantitative estimate of drug-likeness (QED) is 0.114. The lowest BCUT2D eigenvalue weighted by atomic mass is 9.66. The second-order valence-corrected chi connectivity index (χ2v) is 42.7. The Labute approximate surface area is 867 Å². The van der Waals surface area contributed by atoms with Crippen molar-refractivity contribution in [1.82, 2.24) is 0 Å². The van der Waals surface area contributed by atoms with E-state index in [4.69, 9.17) is 0 Å². The first-order valence-electron chi connectivity index (χ1n) is 52.1. The Hall–Kier alpha value is -17.9. The van der Waals surface area contributed by atoms with Crippen LogP contribution in [0.5, 0.6) is 0 Å². The lowest BCUT2D eigenvalue weighted by molar-refractivity contribution is 0.659. The molecule has 23 aromatic rings. The number of benzene rings is 22. The van der Waals surface area contributed by atoms with Crippen molar-refractivity contribution in [3.8, 4) is 100 Å². The number of allylic oxidation sites excluding steroid dienone is 2. The van der Waals surface area contributed by atoms with E-state index >= 15 is 0 Å². The molecular formula is C145H98N2S. The average Bonchev–Trinajstić information content (AvgIpc) is 1.52. The van der Waals surface area contributed by atoms with Crippen LogP contribution in [-0.4, -0.2) is 6.04 Å². The average molecular weight is 1900 g/mol. The minimum Gasteiger partial charge on any atom is -0.334 e. The summed E-state index contributed by atoms with van der Waals surface area (Å²) in [6.07, 6.45) is 6.05. The van der Waals surface area contributed by atoms with E-state index in [0.717, 1.165) is 23.5 Å². The van der Waals surface area contributed by atoms with E-state index in [0.29, 0.717) is 0 Å². The molecule has 0 N–H and O–H groups in total. The molecule has 0 saturated heterocycles. The van der Waals surface area contributed by atoms with E-state index in [9.17, 15) is 0 Å². The molecule has 2 nitrogen and oxygen atoms in total. The van der Waals surface area contributed by atoms with Crippen molar-refractivity contribution in [2.75, 3.05) is 9.80 Å². The normalized spacial score (nSPS) is 15.4. The van der Waals surface area contributed by atoms with Crippen molar-refractivity contribution in [3.63, 3.8) is 0 Å². The number of nitrogens with zero attached hydrogens (tertiary/aromatic N) is 2. The summed E-state index contributed by atoms with van der Waals surface area (Å²) in [6, 6.07) is 199. The fraction of sp³-hybridized carbons (Fsp3) is 0.0621. The van der Waals surface area contributed by atoms with Crippen LogP contribution in [0.25, 0.3) is 126 Å². The summed E-state index contributed by atoms with van der Waals surface area (Å²) in [4.78, 5) is 5.31. The summed E-state index contributed by atoms with van der Waals surface area (Å²) in [5.74, 6) is 0. The van der Waals surface area contributed by atoms with Gasteiger partial charge in [-0.05, 0) is 286 Å². The Kier molecular flexibility index (Phi) is 19.2. The van der Waals surface area contributed by atoms with E-state index in [1.54, 1.807) is 0 Å². The maximum absolute atomic E-state index is 2.73. The maximum Gasteiger partial charge on any atom is 0.0726 e. The molecule has 8 aliphatic carbocycles. The molecule has 0 saturated carbocycles. The highest BCUT2D eigenvalue weighted by atomic mass is 32.1. The van der Waals surface area contributed by atoms with Gasteiger partial charge in [-0.15, -0.1) is 11.3 Å². The number of hydrogen-bond donors (Lipinski definition) is 0. The lowest BCUT2D eigenvalue weighted by Crippen LogP contribution is -2.35. The zero-order valence-electron chi connectivity index (χ0n) is 82.0. The van der Waals surface area contributed by atoms with Gasteiger partial charge in [0.2, 0.25) is 0 Å². The van der Waals surface area contributed by atoms with Gasteiger partial charge in [-0.3, -0.25) is 0 Å². The first kappa shape index (κ1) is 85.7. The highest BCUT2D eigenvalue weighted by molar-refractivity contribution is 7.25. The summed E-state index contributed by atoms with van der Waals surface area (Å²) < 4.78 is 2.64. The third kappa shape index (κ3) is 12.1. The Balaban J connectivity index is 0.000000137. The van der Waals surface area contributed by atoms with Gasteiger partial charge in [-0.2, -0.15) is 0 Å². The van der Waals surface area contributed by atoms with Crippen LogP contribution in [0, 0.1) is 0 Å². The molecule has 31 rings (SSSR count). The fourth-order valence-corrected chi connectivity index (χ4v) is 29.3. The summed E-state index contributed by atoms with van der Waals surface area (Å²) >= 11 is 1.87. The van der Waals surface area contributed by atoms with Gasteiger partial charge in [0, 0.05) is 59.5 Å². The summed E-state index contributed by atoms with van der Waals surface area (Å²) in [6.45, 7) is 4.83. The minimum atomic E-state index is -0.555. The number of anilines is 5. The number of fused-ring (bicyclic) bond motifs is 32.